The molecule has 0 spiro atoms. The van der Waals surface area contributed by atoms with Gasteiger partial charge in [0.05, 0.1) is 22.3 Å². The molecule has 1 amide bonds. The molecule has 6 nitrogen and oxygen atoms in total. The smallest absolute Gasteiger partial charge is 0.259 e. The number of amides is 1. The fourth-order valence-electron chi connectivity index (χ4n) is 3.59. The molecule has 1 saturated heterocycles. The van der Waals surface area contributed by atoms with Gasteiger partial charge in [0.1, 0.15) is 0 Å². The molecular weight excluding hydrogens is 364 g/mol. The average Bonchev–Trinajstić information content (AvgIpc) is 3.08. The minimum Gasteiger partial charge on any atom is -0.337 e. The first-order valence-electron chi connectivity index (χ1n) is 8.96. The molecule has 4 rings (SSSR count). The number of rotatable bonds is 3. The van der Waals surface area contributed by atoms with E-state index < -0.39 is 0 Å². The Kier molecular flexibility index (Phi) is 5.77. The van der Waals surface area contributed by atoms with Crippen molar-refractivity contribution < 1.29 is 9.32 Å². The van der Waals surface area contributed by atoms with Crippen molar-refractivity contribution in [1.29, 1.82) is 0 Å². The van der Waals surface area contributed by atoms with E-state index in [1.165, 1.54) is 0 Å². The van der Waals surface area contributed by atoms with Crippen LogP contribution in [-0.4, -0.2) is 47.1 Å². The Bertz CT molecular complexity index is 942. The van der Waals surface area contributed by atoms with E-state index in [1.807, 2.05) is 55.3 Å². The van der Waals surface area contributed by atoms with E-state index in [4.69, 9.17) is 4.52 Å². The van der Waals surface area contributed by atoms with Crippen molar-refractivity contribution in [2.75, 3.05) is 20.1 Å². The highest BCUT2D eigenvalue weighted by atomic mass is 35.5. The van der Waals surface area contributed by atoms with Crippen molar-refractivity contribution in [3.63, 3.8) is 0 Å². The number of likely N-dealkylation sites (tertiary alicyclic amines) is 1. The number of aromatic nitrogens is 2. The second kappa shape index (κ2) is 8.06. The van der Waals surface area contributed by atoms with Crippen LogP contribution in [0.25, 0.3) is 22.4 Å². The van der Waals surface area contributed by atoms with Gasteiger partial charge in [0.25, 0.3) is 11.6 Å². The number of benzene rings is 1. The maximum atomic E-state index is 13.3. The Morgan fingerprint density at radius 3 is 2.81 bits per heavy atom. The first kappa shape index (κ1) is 19.3. The zero-order chi connectivity index (χ0) is 18.1. The van der Waals surface area contributed by atoms with Crippen LogP contribution in [0.5, 0.6) is 0 Å². The predicted octanol–water partition coefficient (Wildman–Crippen LogP) is 3.44. The van der Waals surface area contributed by atoms with Gasteiger partial charge in [0.15, 0.2) is 0 Å². The summed E-state index contributed by atoms with van der Waals surface area (Å²) in [6, 6.07) is 12.0. The van der Waals surface area contributed by atoms with Crippen molar-refractivity contribution in [2.24, 2.45) is 0 Å². The van der Waals surface area contributed by atoms with E-state index in [0.29, 0.717) is 34.9 Å². The molecule has 7 heteroatoms. The first-order valence-corrected chi connectivity index (χ1v) is 8.96. The third kappa shape index (κ3) is 3.68. The number of likely N-dealkylation sites (N-methyl/N-ethyl adjacent to an activating group) is 1. The summed E-state index contributed by atoms with van der Waals surface area (Å²) < 4.78 is 5.39. The van der Waals surface area contributed by atoms with E-state index >= 15 is 0 Å². The van der Waals surface area contributed by atoms with E-state index in [2.05, 4.69) is 15.5 Å². The number of fused-ring (bicyclic) bond motifs is 1. The Labute approximate surface area is 164 Å². The van der Waals surface area contributed by atoms with Crippen LogP contribution in [0.4, 0.5) is 0 Å². The van der Waals surface area contributed by atoms with Gasteiger partial charge >= 0.3 is 0 Å². The fraction of sp³-hybridized carbons (Fsp3) is 0.350. The highest BCUT2D eigenvalue weighted by molar-refractivity contribution is 6.07. The first-order chi connectivity index (χ1) is 12.7. The van der Waals surface area contributed by atoms with E-state index in [9.17, 15) is 4.79 Å². The Morgan fingerprint density at radius 2 is 2.07 bits per heavy atom. The van der Waals surface area contributed by atoms with Gasteiger partial charge in [-0.05, 0) is 32.9 Å². The number of pyridine rings is 1. The summed E-state index contributed by atoms with van der Waals surface area (Å²) in [5.74, 6) is 0.0147. The topological polar surface area (TPSA) is 71.3 Å². The molecule has 0 aliphatic carbocycles. The van der Waals surface area contributed by atoms with E-state index in [1.54, 1.807) is 0 Å². The lowest BCUT2D eigenvalue weighted by Gasteiger charge is -2.32. The van der Waals surface area contributed by atoms with Crippen LogP contribution in [0, 0.1) is 6.92 Å². The number of halogens is 1. The van der Waals surface area contributed by atoms with Crippen LogP contribution in [-0.2, 0) is 0 Å². The molecule has 1 unspecified atom stereocenters. The minimum atomic E-state index is 0. The van der Waals surface area contributed by atoms with Gasteiger partial charge in [0.2, 0.25) is 0 Å². The Morgan fingerprint density at radius 1 is 1.30 bits per heavy atom. The summed E-state index contributed by atoms with van der Waals surface area (Å²) in [7, 11) is 1.95. The fourth-order valence-corrected chi connectivity index (χ4v) is 3.59. The Balaban J connectivity index is 0.00000210. The van der Waals surface area contributed by atoms with Gasteiger partial charge in [-0.3, -0.25) is 4.79 Å². The second-order valence-corrected chi connectivity index (χ2v) is 6.75. The minimum absolute atomic E-state index is 0. The third-order valence-electron chi connectivity index (χ3n) is 5.03. The van der Waals surface area contributed by atoms with Gasteiger partial charge < -0.3 is 14.7 Å². The summed E-state index contributed by atoms with van der Waals surface area (Å²) in [5.41, 5.74) is 3.39. The number of nitrogens with one attached hydrogen (secondary N) is 1. The monoisotopic (exact) mass is 386 g/mol. The maximum absolute atomic E-state index is 13.3. The average molecular weight is 387 g/mol. The third-order valence-corrected chi connectivity index (χ3v) is 5.03. The molecule has 2 aromatic heterocycles. The zero-order valence-corrected chi connectivity index (χ0v) is 16.3. The van der Waals surface area contributed by atoms with Gasteiger partial charge in [-0.1, -0.05) is 35.5 Å². The molecule has 0 radical (unpaired) electrons. The molecule has 0 saturated carbocycles. The highest BCUT2D eigenvalue weighted by Crippen LogP contribution is 2.28. The highest BCUT2D eigenvalue weighted by Gasteiger charge is 2.27. The van der Waals surface area contributed by atoms with Crippen LogP contribution in [0.2, 0.25) is 0 Å². The molecule has 0 bridgehead atoms. The molecule has 3 heterocycles. The number of piperidine rings is 1. The maximum Gasteiger partial charge on any atom is 0.259 e. The number of carbonyl (C=O) groups excluding carboxylic acids is 1. The molecule has 3 aromatic rings. The summed E-state index contributed by atoms with van der Waals surface area (Å²) >= 11 is 0. The second-order valence-electron chi connectivity index (χ2n) is 6.75. The number of nitrogens with zero attached hydrogens (tertiary/aromatic N) is 3. The van der Waals surface area contributed by atoms with Crippen molar-refractivity contribution in [3.05, 3.63) is 47.7 Å². The van der Waals surface area contributed by atoms with Crippen molar-refractivity contribution in [1.82, 2.24) is 20.4 Å². The lowest BCUT2D eigenvalue weighted by Crippen LogP contribution is -2.47. The normalized spacial score (nSPS) is 17.0. The predicted molar refractivity (Wildman–Crippen MR) is 107 cm³/mol. The summed E-state index contributed by atoms with van der Waals surface area (Å²) in [6.07, 6.45) is 2.09. The molecule has 1 atom stereocenters. The van der Waals surface area contributed by atoms with Gasteiger partial charge in [-0.25, -0.2) is 4.98 Å². The van der Waals surface area contributed by atoms with Crippen LogP contribution in [0.15, 0.2) is 40.9 Å². The quantitative estimate of drug-likeness (QED) is 0.746. The number of hydrogen-bond acceptors (Lipinski definition) is 5. The van der Waals surface area contributed by atoms with Crippen LogP contribution in [0.1, 0.15) is 28.9 Å². The standard InChI is InChI=1S/C20H22N4O2.ClH/c1-13-18-16(20(25)24-10-6-9-15(12-24)21-2)11-17(22-19(18)26-23-13)14-7-4-3-5-8-14;/h3-5,7-8,11,15,21H,6,9-10,12H2,1-2H3;1H. The van der Waals surface area contributed by atoms with E-state index in [-0.39, 0.29) is 18.3 Å². The zero-order valence-electron chi connectivity index (χ0n) is 15.4. The van der Waals surface area contributed by atoms with Gasteiger partial charge in [-0.2, -0.15) is 0 Å². The number of carbonyl (C=O) groups is 1. The van der Waals surface area contributed by atoms with Crippen LogP contribution < -0.4 is 5.32 Å². The van der Waals surface area contributed by atoms with Gasteiger partial charge in [-0.15, -0.1) is 12.4 Å². The van der Waals surface area contributed by atoms with Crippen LogP contribution >= 0.6 is 12.4 Å². The summed E-state index contributed by atoms with van der Waals surface area (Å²) in [4.78, 5) is 19.8. The lowest BCUT2D eigenvalue weighted by atomic mass is 10.0. The lowest BCUT2D eigenvalue weighted by molar-refractivity contribution is 0.0700. The molecule has 1 aliphatic heterocycles. The van der Waals surface area contributed by atoms with Gasteiger partial charge in [0, 0.05) is 24.7 Å². The number of aryl methyl sites for hydroxylation is 1. The molecule has 27 heavy (non-hydrogen) atoms. The summed E-state index contributed by atoms with van der Waals surface area (Å²) in [6.45, 7) is 3.33. The Hall–Kier alpha value is -2.44. The van der Waals surface area contributed by atoms with Crippen molar-refractivity contribution in [2.45, 2.75) is 25.8 Å². The van der Waals surface area contributed by atoms with Crippen LogP contribution in [0.3, 0.4) is 0 Å². The largest absolute Gasteiger partial charge is 0.337 e. The molecule has 1 aromatic carbocycles. The van der Waals surface area contributed by atoms with Crippen molar-refractivity contribution in [3.8, 4) is 11.3 Å². The molecule has 1 aliphatic rings. The van der Waals surface area contributed by atoms with Crippen molar-refractivity contribution >= 4 is 29.4 Å². The molecule has 1 fully saturated rings. The number of hydrogen-bond donors (Lipinski definition) is 1. The van der Waals surface area contributed by atoms with E-state index in [0.717, 1.165) is 30.6 Å². The summed E-state index contributed by atoms with van der Waals surface area (Å²) in [5, 5.41) is 8.02. The molecule has 142 valence electrons. The molecule has 1 N–H and O–H groups in total. The SMILES string of the molecule is CNC1CCCN(C(=O)c2cc(-c3ccccc3)nc3onc(C)c23)C1.Cl. The molecular formula is C20H23ClN4O2.